The second-order valence-corrected chi connectivity index (χ2v) is 6.47. The Morgan fingerprint density at radius 1 is 1.09 bits per heavy atom. The fourth-order valence-corrected chi connectivity index (χ4v) is 3.24. The first kappa shape index (κ1) is 14.2. The molecule has 23 heavy (non-hydrogen) atoms. The van der Waals surface area contributed by atoms with Crippen LogP contribution in [0.3, 0.4) is 0 Å². The third-order valence-electron chi connectivity index (χ3n) is 4.09. The summed E-state index contributed by atoms with van der Waals surface area (Å²) in [6.45, 7) is 0. The van der Waals surface area contributed by atoms with Gasteiger partial charge in [0.25, 0.3) is 0 Å². The monoisotopic (exact) mass is 367 g/mol. The Labute approximate surface area is 142 Å². The Hall–Kier alpha value is -2.40. The van der Waals surface area contributed by atoms with Gasteiger partial charge in [0, 0.05) is 22.4 Å². The normalized spacial score (nSPS) is 16.7. The zero-order valence-electron chi connectivity index (χ0n) is 12.2. The molecule has 1 aliphatic rings. The van der Waals surface area contributed by atoms with Crippen molar-refractivity contribution < 1.29 is 4.79 Å². The van der Waals surface area contributed by atoms with Crippen molar-refractivity contribution in [3.8, 4) is 5.69 Å². The summed E-state index contributed by atoms with van der Waals surface area (Å²) in [4.78, 5) is 12.2. The maximum absolute atomic E-state index is 12.2. The number of nitrogens with one attached hydrogen (secondary N) is 1. The number of carbonyl (C=O) groups is 1. The van der Waals surface area contributed by atoms with E-state index in [1.807, 2.05) is 48.7 Å². The van der Waals surface area contributed by atoms with E-state index >= 15 is 0 Å². The van der Waals surface area contributed by atoms with Crippen LogP contribution < -0.4 is 5.32 Å². The lowest BCUT2D eigenvalue weighted by Crippen LogP contribution is -2.24. The molecule has 0 fully saturated rings. The molecule has 3 aromatic rings. The molecule has 0 bridgehead atoms. The Balaban J connectivity index is 1.81. The number of para-hydroxylation sites is 1. The molecule has 114 valence electrons. The highest BCUT2D eigenvalue weighted by Crippen LogP contribution is 2.38. The molecule has 0 radical (unpaired) electrons. The van der Waals surface area contributed by atoms with Crippen LogP contribution in [0, 0.1) is 0 Å². The second-order valence-electron chi connectivity index (χ2n) is 5.55. The molecule has 0 spiro atoms. The molecular formula is C18H14BrN3O. The van der Waals surface area contributed by atoms with Crippen molar-refractivity contribution in [3.63, 3.8) is 0 Å². The predicted molar refractivity (Wildman–Crippen MR) is 92.8 cm³/mol. The number of carbonyl (C=O) groups excluding carboxylic acids is 1. The molecule has 5 heteroatoms. The van der Waals surface area contributed by atoms with Gasteiger partial charge in [-0.15, -0.1) is 0 Å². The maximum atomic E-state index is 12.2. The first-order valence-electron chi connectivity index (χ1n) is 7.41. The highest BCUT2D eigenvalue weighted by Gasteiger charge is 2.30. The quantitative estimate of drug-likeness (QED) is 0.740. The van der Waals surface area contributed by atoms with Gasteiger partial charge in [0.05, 0.1) is 11.9 Å². The van der Waals surface area contributed by atoms with E-state index in [4.69, 9.17) is 0 Å². The zero-order valence-corrected chi connectivity index (χ0v) is 13.8. The molecular weight excluding hydrogens is 354 g/mol. The standard InChI is InChI=1S/C18H14BrN3O/c19-13-8-6-12(7-9-13)15-10-17(23)21-18-16(15)11-20-22(18)14-4-2-1-3-5-14/h1-9,11,15H,10H2,(H,21,23). The molecule has 4 rings (SSSR count). The van der Waals surface area contributed by atoms with E-state index < -0.39 is 0 Å². The number of halogens is 1. The number of hydrogen-bond donors (Lipinski definition) is 1. The van der Waals surface area contributed by atoms with E-state index in [1.54, 1.807) is 4.68 Å². The largest absolute Gasteiger partial charge is 0.310 e. The summed E-state index contributed by atoms with van der Waals surface area (Å²) in [7, 11) is 0. The number of aromatic nitrogens is 2. The van der Waals surface area contributed by atoms with Gasteiger partial charge < -0.3 is 5.32 Å². The van der Waals surface area contributed by atoms with Gasteiger partial charge in [0.1, 0.15) is 5.82 Å². The molecule has 1 N–H and O–H groups in total. The third-order valence-corrected chi connectivity index (χ3v) is 4.62. The van der Waals surface area contributed by atoms with Crippen LogP contribution in [0.2, 0.25) is 0 Å². The SMILES string of the molecule is O=C1CC(c2ccc(Br)cc2)c2cnn(-c3ccccc3)c2N1. The molecule has 1 atom stereocenters. The Morgan fingerprint density at radius 2 is 1.83 bits per heavy atom. The summed E-state index contributed by atoms with van der Waals surface area (Å²) < 4.78 is 2.82. The Kier molecular flexibility index (Phi) is 3.50. The van der Waals surface area contributed by atoms with E-state index in [9.17, 15) is 4.79 Å². The lowest BCUT2D eigenvalue weighted by Gasteiger charge is -2.23. The van der Waals surface area contributed by atoms with Gasteiger partial charge in [0.2, 0.25) is 5.91 Å². The van der Waals surface area contributed by atoms with Crippen molar-refractivity contribution in [2.75, 3.05) is 5.32 Å². The van der Waals surface area contributed by atoms with Crippen LogP contribution in [-0.4, -0.2) is 15.7 Å². The van der Waals surface area contributed by atoms with E-state index in [0.29, 0.717) is 6.42 Å². The van der Waals surface area contributed by atoms with Crippen LogP contribution in [0.5, 0.6) is 0 Å². The van der Waals surface area contributed by atoms with Crippen molar-refractivity contribution in [2.45, 2.75) is 12.3 Å². The van der Waals surface area contributed by atoms with Crippen molar-refractivity contribution in [1.29, 1.82) is 0 Å². The van der Waals surface area contributed by atoms with E-state index in [0.717, 1.165) is 27.1 Å². The minimum Gasteiger partial charge on any atom is -0.310 e. The molecule has 1 unspecified atom stereocenters. The van der Waals surface area contributed by atoms with Gasteiger partial charge in [0.15, 0.2) is 0 Å². The van der Waals surface area contributed by atoms with Gasteiger partial charge in [-0.3, -0.25) is 4.79 Å². The lowest BCUT2D eigenvalue weighted by molar-refractivity contribution is -0.116. The topological polar surface area (TPSA) is 46.9 Å². The molecule has 2 aromatic carbocycles. The zero-order chi connectivity index (χ0) is 15.8. The highest BCUT2D eigenvalue weighted by molar-refractivity contribution is 9.10. The molecule has 1 amide bonds. The number of rotatable bonds is 2. The predicted octanol–water partition coefficient (Wildman–Crippen LogP) is 4.11. The number of amides is 1. The van der Waals surface area contributed by atoms with Crippen LogP contribution in [0.4, 0.5) is 5.82 Å². The fourth-order valence-electron chi connectivity index (χ4n) is 2.98. The highest BCUT2D eigenvalue weighted by atomic mass is 79.9. The van der Waals surface area contributed by atoms with Gasteiger partial charge in [-0.05, 0) is 29.8 Å². The third kappa shape index (κ3) is 2.57. The summed E-state index contributed by atoms with van der Waals surface area (Å²) in [6, 6.07) is 17.9. The van der Waals surface area contributed by atoms with Gasteiger partial charge in [-0.1, -0.05) is 46.3 Å². The van der Waals surface area contributed by atoms with E-state index in [2.05, 4.69) is 38.5 Å². The van der Waals surface area contributed by atoms with Crippen LogP contribution in [0.1, 0.15) is 23.5 Å². The number of nitrogens with zero attached hydrogens (tertiary/aromatic N) is 2. The van der Waals surface area contributed by atoms with Crippen LogP contribution in [0.25, 0.3) is 5.69 Å². The first-order chi connectivity index (χ1) is 11.2. The molecule has 1 aromatic heterocycles. The summed E-state index contributed by atoms with van der Waals surface area (Å²) in [5.74, 6) is 0.813. The smallest absolute Gasteiger partial charge is 0.226 e. The second kappa shape index (κ2) is 5.66. The minimum atomic E-state index is 0.0168. The first-order valence-corrected chi connectivity index (χ1v) is 8.20. The molecule has 0 saturated heterocycles. The molecule has 0 saturated carbocycles. The molecule has 1 aliphatic heterocycles. The number of anilines is 1. The summed E-state index contributed by atoms with van der Waals surface area (Å²) in [6.07, 6.45) is 2.30. The van der Waals surface area contributed by atoms with Crippen molar-refractivity contribution in [2.24, 2.45) is 0 Å². The fraction of sp³-hybridized carbons (Fsp3) is 0.111. The number of fused-ring (bicyclic) bond motifs is 1. The van der Waals surface area contributed by atoms with E-state index in [1.165, 1.54) is 0 Å². The van der Waals surface area contributed by atoms with Gasteiger partial charge in [-0.25, -0.2) is 4.68 Å². The van der Waals surface area contributed by atoms with Gasteiger partial charge in [-0.2, -0.15) is 5.10 Å². The average molecular weight is 368 g/mol. The van der Waals surface area contributed by atoms with Crippen LogP contribution >= 0.6 is 15.9 Å². The lowest BCUT2D eigenvalue weighted by atomic mass is 9.87. The average Bonchev–Trinajstić information content (AvgIpc) is 2.99. The summed E-state index contributed by atoms with van der Waals surface area (Å²) in [5, 5.41) is 7.46. The van der Waals surface area contributed by atoms with Crippen LogP contribution in [0.15, 0.2) is 65.3 Å². The van der Waals surface area contributed by atoms with E-state index in [-0.39, 0.29) is 11.8 Å². The van der Waals surface area contributed by atoms with Crippen molar-refractivity contribution >= 4 is 27.7 Å². The molecule has 4 nitrogen and oxygen atoms in total. The molecule has 0 aliphatic carbocycles. The Morgan fingerprint density at radius 3 is 2.57 bits per heavy atom. The van der Waals surface area contributed by atoms with Crippen molar-refractivity contribution in [1.82, 2.24) is 9.78 Å². The number of benzene rings is 2. The van der Waals surface area contributed by atoms with Crippen LogP contribution in [-0.2, 0) is 4.79 Å². The summed E-state index contributed by atoms with van der Waals surface area (Å²) >= 11 is 3.45. The molecule has 2 heterocycles. The number of hydrogen-bond acceptors (Lipinski definition) is 2. The maximum Gasteiger partial charge on any atom is 0.226 e. The minimum absolute atomic E-state index is 0.0168. The van der Waals surface area contributed by atoms with Gasteiger partial charge >= 0.3 is 0 Å². The summed E-state index contributed by atoms with van der Waals surface area (Å²) in [5.41, 5.74) is 3.11. The van der Waals surface area contributed by atoms with Crippen molar-refractivity contribution in [3.05, 3.63) is 76.4 Å². The Bertz CT molecular complexity index is 856.